The lowest BCUT2D eigenvalue weighted by atomic mass is 9.88. The van der Waals surface area contributed by atoms with E-state index in [0.717, 1.165) is 12.1 Å². The molecule has 0 aromatic rings. The van der Waals surface area contributed by atoms with E-state index in [2.05, 4.69) is 30.9 Å². The summed E-state index contributed by atoms with van der Waals surface area (Å²) in [6, 6.07) is 1.51. The van der Waals surface area contributed by atoms with Crippen LogP contribution in [0.1, 0.15) is 39.5 Å². The predicted molar refractivity (Wildman–Crippen MR) is 66.5 cm³/mol. The summed E-state index contributed by atoms with van der Waals surface area (Å²) in [5, 5.41) is 3.76. The SMILES string of the molecule is CC(C)OC1CC(N[C@H]2CCCSC2)C1. The van der Waals surface area contributed by atoms with Gasteiger partial charge >= 0.3 is 0 Å². The second-order valence-corrected chi connectivity index (χ2v) is 6.21. The van der Waals surface area contributed by atoms with Crippen molar-refractivity contribution in [1.82, 2.24) is 5.32 Å². The molecule has 1 N–H and O–H groups in total. The normalized spacial score (nSPS) is 36.6. The van der Waals surface area contributed by atoms with Crippen molar-refractivity contribution in [2.45, 2.75) is 63.8 Å². The van der Waals surface area contributed by atoms with Crippen LogP contribution in [-0.4, -0.2) is 35.8 Å². The predicted octanol–water partition coefficient (Wildman–Crippen LogP) is 2.43. The third-order valence-electron chi connectivity index (χ3n) is 3.19. The van der Waals surface area contributed by atoms with Crippen molar-refractivity contribution in [1.29, 1.82) is 0 Å². The average molecular weight is 229 g/mol. The van der Waals surface area contributed by atoms with E-state index in [9.17, 15) is 0 Å². The van der Waals surface area contributed by atoms with Gasteiger partial charge in [-0.1, -0.05) is 0 Å². The maximum Gasteiger partial charge on any atom is 0.0608 e. The highest BCUT2D eigenvalue weighted by Gasteiger charge is 2.32. The van der Waals surface area contributed by atoms with Gasteiger partial charge in [0.25, 0.3) is 0 Å². The summed E-state index contributed by atoms with van der Waals surface area (Å²) in [7, 11) is 0. The molecule has 0 aromatic heterocycles. The van der Waals surface area contributed by atoms with E-state index in [-0.39, 0.29) is 0 Å². The Hall–Kier alpha value is 0.270. The number of thioether (sulfide) groups is 1. The number of hydrogen-bond donors (Lipinski definition) is 1. The van der Waals surface area contributed by atoms with Gasteiger partial charge < -0.3 is 10.1 Å². The van der Waals surface area contributed by atoms with Gasteiger partial charge in [0.05, 0.1) is 12.2 Å². The number of nitrogens with one attached hydrogen (secondary N) is 1. The summed E-state index contributed by atoms with van der Waals surface area (Å²) in [6.45, 7) is 4.25. The maximum atomic E-state index is 5.76. The molecule has 0 spiro atoms. The second kappa shape index (κ2) is 5.55. The van der Waals surface area contributed by atoms with E-state index in [1.54, 1.807) is 0 Å². The van der Waals surface area contributed by atoms with E-state index in [0.29, 0.717) is 12.2 Å². The average Bonchev–Trinajstić information content (AvgIpc) is 2.15. The van der Waals surface area contributed by atoms with Crippen molar-refractivity contribution in [3.63, 3.8) is 0 Å². The minimum atomic E-state index is 0.390. The Kier molecular flexibility index (Phi) is 4.35. The Morgan fingerprint density at radius 1 is 1.27 bits per heavy atom. The Balaban J connectivity index is 1.58. The molecule has 0 bridgehead atoms. The Morgan fingerprint density at radius 2 is 2.07 bits per heavy atom. The maximum absolute atomic E-state index is 5.76. The van der Waals surface area contributed by atoms with Gasteiger partial charge in [0, 0.05) is 17.8 Å². The molecule has 1 aliphatic carbocycles. The van der Waals surface area contributed by atoms with Gasteiger partial charge in [-0.15, -0.1) is 0 Å². The van der Waals surface area contributed by atoms with Crippen molar-refractivity contribution >= 4 is 11.8 Å². The number of rotatable bonds is 4. The van der Waals surface area contributed by atoms with Gasteiger partial charge in [0.1, 0.15) is 0 Å². The van der Waals surface area contributed by atoms with Crippen molar-refractivity contribution < 1.29 is 4.74 Å². The summed E-state index contributed by atoms with van der Waals surface area (Å²) >= 11 is 2.10. The Labute approximate surface area is 97.5 Å². The standard InChI is InChI=1S/C12H23NOS/c1-9(2)14-12-6-11(7-12)13-10-4-3-5-15-8-10/h9-13H,3-8H2,1-2H3/t10-,11?,12?/m0/s1. The van der Waals surface area contributed by atoms with Crippen LogP contribution in [0.25, 0.3) is 0 Å². The highest BCUT2D eigenvalue weighted by Crippen LogP contribution is 2.27. The third kappa shape index (κ3) is 3.65. The van der Waals surface area contributed by atoms with Crippen molar-refractivity contribution in [2.75, 3.05) is 11.5 Å². The lowest BCUT2D eigenvalue weighted by Gasteiger charge is -2.39. The first-order valence-corrected chi connectivity index (χ1v) is 7.38. The molecule has 1 heterocycles. The van der Waals surface area contributed by atoms with Crippen molar-refractivity contribution in [3.8, 4) is 0 Å². The quantitative estimate of drug-likeness (QED) is 0.800. The minimum absolute atomic E-state index is 0.390. The molecule has 1 aliphatic heterocycles. The van der Waals surface area contributed by atoms with Gasteiger partial charge in [-0.2, -0.15) is 11.8 Å². The first-order chi connectivity index (χ1) is 7.24. The largest absolute Gasteiger partial charge is 0.375 e. The van der Waals surface area contributed by atoms with E-state index in [4.69, 9.17) is 4.74 Å². The van der Waals surface area contributed by atoms with Gasteiger partial charge in [0.2, 0.25) is 0 Å². The Morgan fingerprint density at radius 3 is 2.67 bits per heavy atom. The zero-order valence-electron chi connectivity index (χ0n) is 9.87. The minimum Gasteiger partial charge on any atom is -0.375 e. The molecule has 0 radical (unpaired) electrons. The highest BCUT2D eigenvalue weighted by molar-refractivity contribution is 7.99. The highest BCUT2D eigenvalue weighted by atomic mass is 32.2. The van der Waals surface area contributed by atoms with Crippen LogP contribution in [0.4, 0.5) is 0 Å². The molecule has 2 fully saturated rings. The van der Waals surface area contributed by atoms with Crippen LogP contribution in [0.15, 0.2) is 0 Å². The van der Waals surface area contributed by atoms with E-state index in [1.807, 2.05) is 0 Å². The molecule has 2 nitrogen and oxygen atoms in total. The summed E-state index contributed by atoms with van der Waals surface area (Å²) in [5.74, 6) is 2.67. The van der Waals surface area contributed by atoms with Crippen molar-refractivity contribution in [2.24, 2.45) is 0 Å². The van der Waals surface area contributed by atoms with E-state index in [1.165, 1.54) is 37.2 Å². The molecule has 2 rings (SSSR count). The fourth-order valence-corrected chi connectivity index (χ4v) is 3.49. The van der Waals surface area contributed by atoms with Crippen LogP contribution >= 0.6 is 11.8 Å². The van der Waals surface area contributed by atoms with Gasteiger partial charge in [-0.05, 0) is 45.3 Å². The van der Waals surface area contributed by atoms with Gasteiger partial charge in [-0.25, -0.2) is 0 Å². The fraction of sp³-hybridized carbons (Fsp3) is 1.00. The number of hydrogen-bond acceptors (Lipinski definition) is 3. The topological polar surface area (TPSA) is 21.3 Å². The van der Waals surface area contributed by atoms with Crippen molar-refractivity contribution in [3.05, 3.63) is 0 Å². The summed E-state index contributed by atoms with van der Waals surface area (Å²) in [4.78, 5) is 0. The third-order valence-corrected chi connectivity index (χ3v) is 4.41. The lowest BCUT2D eigenvalue weighted by Crippen LogP contribution is -2.51. The Bertz CT molecular complexity index is 186. The lowest BCUT2D eigenvalue weighted by molar-refractivity contribution is -0.0512. The molecule has 15 heavy (non-hydrogen) atoms. The first kappa shape index (κ1) is 11.7. The molecular formula is C12H23NOS. The molecule has 88 valence electrons. The van der Waals surface area contributed by atoms with Crippen LogP contribution in [0.5, 0.6) is 0 Å². The number of ether oxygens (including phenoxy) is 1. The summed E-state index contributed by atoms with van der Waals surface area (Å²) in [6.07, 6.45) is 6.12. The smallest absolute Gasteiger partial charge is 0.0608 e. The molecule has 1 saturated carbocycles. The van der Waals surface area contributed by atoms with Gasteiger partial charge in [0.15, 0.2) is 0 Å². The summed E-state index contributed by atoms with van der Waals surface area (Å²) in [5.41, 5.74) is 0. The molecular weight excluding hydrogens is 206 g/mol. The van der Waals surface area contributed by atoms with E-state index < -0.39 is 0 Å². The van der Waals surface area contributed by atoms with Crippen LogP contribution in [-0.2, 0) is 4.74 Å². The van der Waals surface area contributed by atoms with Gasteiger partial charge in [-0.3, -0.25) is 0 Å². The molecule has 0 aromatic carbocycles. The van der Waals surface area contributed by atoms with Crippen LogP contribution in [0.3, 0.4) is 0 Å². The van der Waals surface area contributed by atoms with E-state index >= 15 is 0 Å². The molecule has 2 aliphatic rings. The molecule has 3 heteroatoms. The molecule has 1 atom stereocenters. The van der Waals surface area contributed by atoms with Crippen LogP contribution in [0, 0.1) is 0 Å². The zero-order chi connectivity index (χ0) is 10.7. The monoisotopic (exact) mass is 229 g/mol. The molecule has 0 unspecified atom stereocenters. The molecule has 1 saturated heterocycles. The fourth-order valence-electron chi connectivity index (χ4n) is 2.40. The zero-order valence-corrected chi connectivity index (χ0v) is 10.7. The van der Waals surface area contributed by atoms with Crippen LogP contribution < -0.4 is 5.32 Å². The second-order valence-electron chi connectivity index (χ2n) is 5.06. The first-order valence-electron chi connectivity index (χ1n) is 6.23. The molecule has 0 amide bonds. The summed E-state index contributed by atoms with van der Waals surface area (Å²) < 4.78 is 5.76. The van der Waals surface area contributed by atoms with Crippen LogP contribution in [0.2, 0.25) is 0 Å².